The molecule has 4 aromatic rings. The van der Waals surface area contributed by atoms with Gasteiger partial charge in [0, 0.05) is 24.3 Å². The van der Waals surface area contributed by atoms with Gasteiger partial charge in [-0.15, -0.1) is 11.3 Å². The molecular weight excluding hydrogens is 494 g/mol. The molecule has 3 amide bonds. The second kappa shape index (κ2) is 10.1. The minimum atomic E-state index is -0.843. The molecule has 5 rings (SSSR count). The van der Waals surface area contributed by atoms with Crippen molar-refractivity contribution in [1.29, 1.82) is 0 Å². The minimum absolute atomic E-state index is 0.132. The number of hydrogen-bond donors (Lipinski definition) is 3. The highest BCUT2D eigenvalue weighted by atomic mass is 32.1. The van der Waals surface area contributed by atoms with Gasteiger partial charge in [0.05, 0.1) is 22.0 Å². The van der Waals surface area contributed by atoms with Crippen molar-refractivity contribution < 1.29 is 14.4 Å². The number of nitrogens with zero attached hydrogens (tertiary/aromatic N) is 4. The third-order valence-electron chi connectivity index (χ3n) is 6.28. The monoisotopic (exact) mass is 519 g/mol. The largest absolute Gasteiger partial charge is 0.369 e. The Hall–Kier alpha value is -4.19. The van der Waals surface area contributed by atoms with Gasteiger partial charge in [0.25, 0.3) is 5.56 Å². The van der Waals surface area contributed by atoms with Gasteiger partial charge in [-0.3, -0.25) is 29.1 Å². The summed E-state index contributed by atoms with van der Waals surface area (Å²) in [6.07, 6.45) is 2.88. The Morgan fingerprint density at radius 1 is 1.24 bits per heavy atom. The summed E-state index contributed by atoms with van der Waals surface area (Å²) in [5.74, 6) is -0.168. The van der Waals surface area contributed by atoms with E-state index in [1.807, 2.05) is 0 Å². The summed E-state index contributed by atoms with van der Waals surface area (Å²) in [7, 11) is 0. The zero-order valence-electron chi connectivity index (χ0n) is 20.3. The lowest BCUT2D eigenvalue weighted by Gasteiger charge is -2.24. The molecule has 1 aliphatic heterocycles. The Labute approximate surface area is 215 Å². The normalized spacial score (nSPS) is 15.7. The lowest BCUT2D eigenvalue weighted by molar-refractivity contribution is -0.135. The van der Waals surface area contributed by atoms with Gasteiger partial charge in [-0.05, 0) is 38.0 Å². The van der Waals surface area contributed by atoms with Crippen molar-refractivity contribution in [2.45, 2.75) is 45.6 Å². The van der Waals surface area contributed by atoms with Gasteiger partial charge in [0.15, 0.2) is 0 Å². The molecule has 1 unspecified atom stereocenters. The zero-order valence-corrected chi connectivity index (χ0v) is 21.1. The van der Waals surface area contributed by atoms with Crippen LogP contribution in [0.3, 0.4) is 0 Å². The summed E-state index contributed by atoms with van der Waals surface area (Å²) in [6, 6.07) is 6.23. The highest BCUT2D eigenvalue weighted by molar-refractivity contribution is 7.18. The average molecular weight is 520 g/mol. The van der Waals surface area contributed by atoms with Crippen LogP contribution in [0.1, 0.15) is 42.9 Å². The number of anilines is 2. The molecule has 11 nitrogen and oxygen atoms in total. The number of benzene rings is 1. The number of carbonyl (C=O) groups is 3. The second-order valence-electron chi connectivity index (χ2n) is 8.73. The smallest absolute Gasteiger partial charge is 0.264 e. The van der Waals surface area contributed by atoms with Crippen LogP contribution in [0.25, 0.3) is 21.1 Å². The number of imide groups is 1. The summed E-state index contributed by atoms with van der Waals surface area (Å²) in [5.41, 5.74) is 0.281. The Balaban J connectivity index is 1.35. The summed E-state index contributed by atoms with van der Waals surface area (Å²) in [4.78, 5) is 65.5. The number of aryl methyl sites for hydroxylation is 2. The van der Waals surface area contributed by atoms with E-state index >= 15 is 0 Å². The highest BCUT2D eigenvalue weighted by Crippen LogP contribution is 2.28. The summed E-state index contributed by atoms with van der Waals surface area (Å²) in [6.45, 7) is 4.06. The van der Waals surface area contributed by atoms with Gasteiger partial charge in [-0.1, -0.05) is 13.0 Å². The molecule has 1 aromatic carbocycles. The lowest BCUT2D eigenvalue weighted by atomic mass is 10.1. The second-order valence-corrected chi connectivity index (χ2v) is 9.85. The number of rotatable bonds is 7. The number of nitrogens with one attached hydrogen (secondary N) is 3. The number of thiophene rings is 1. The van der Waals surface area contributed by atoms with Gasteiger partial charge >= 0.3 is 0 Å². The molecule has 0 radical (unpaired) electrons. The predicted octanol–water partition coefficient (Wildman–Crippen LogP) is 2.69. The molecule has 0 saturated carbocycles. The fourth-order valence-electron chi connectivity index (χ4n) is 4.48. The van der Waals surface area contributed by atoms with Crippen molar-refractivity contribution in [3.63, 3.8) is 0 Å². The molecule has 1 aliphatic rings. The van der Waals surface area contributed by atoms with Crippen LogP contribution >= 0.6 is 11.3 Å². The van der Waals surface area contributed by atoms with Gasteiger partial charge in [-0.25, -0.2) is 15.0 Å². The van der Waals surface area contributed by atoms with E-state index in [2.05, 4.69) is 43.9 Å². The van der Waals surface area contributed by atoms with E-state index in [1.165, 1.54) is 15.8 Å². The van der Waals surface area contributed by atoms with Crippen LogP contribution in [0.4, 0.5) is 11.5 Å². The number of fused-ring (bicyclic) bond motifs is 2. The van der Waals surface area contributed by atoms with Gasteiger partial charge in [-0.2, -0.15) is 0 Å². The van der Waals surface area contributed by atoms with E-state index in [4.69, 9.17) is 0 Å². The van der Waals surface area contributed by atoms with E-state index in [-0.39, 0.29) is 36.5 Å². The molecule has 0 bridgehead atoms. The van der Waals surface area contributed by atoms with E-state index in [0.29, 0.717) is 29.4 Å². The number of amides is 3. The van der Waals surface area contributed by atoms with Crippen molar-refractivity contribution in [2.75, 3.05) is 17.2 Å². The summed E-state index contributed by atoms with van der Waals surface area (Å²) < 4.78 is 1.30. The van der Waals surface area contributed by atoms with Crippen molar-refractivity contribution in [2.24, 2.45) is 0 Å². The van der Waals surface area contributed by atoms with Crippen LogP contribution < -0.4 is 21.5 Å². The molecule has 3 aromatic heterocycles. The van der Waals surface area contributed by atoms with Crippen molar-refractivity contribution >= 4 is 61.7 Å². The molecule has 1 saturated heterocycles. The quantitative estimate of drug-likeness (QED) is 0.316. The summed E-state index contributed by atoms with van der Waals surface area (Å²) >= 11 is 1.62. The van der Waals surface area contributed by atoms with Gasteiger partial charge < -0.3 is 10.6 Å². The van der Waals surface area contributed by atoms with E-state index < -0.39 is 17.5 Å². The predicted molar refractivity (Wildman–Crippen MR) is 141 cm³/mol. The van der Waals surface area contributed by atoms with Gasteiger partial charge in [0.2, 0.25) is 17.7 Å². The standard InChI is InChI=1S/C25H25N7O4S/c1-3-14-11-15-22(27-12-28-24(15)37-14)26-10-9-20(34)30-17-6-4-5-16-21(17)25(36)32(13(2)29-16)18-7-8-19(33)31-23(18)35/h4-6,11-12,18H,3,7-10H2,1-2H3,(H,30,34)(H,26,27,28)(H,31,33,35). The van der Waals surface area contributed by atoms with Crippen LogP contribution in [0.5, 0.6) is 0 Å². The number of aromatic nitrogens is 4. The Bertz CT molecular complexity index is 1610. The SMILES string of the molecule is CCc1cc2c(NCCC(=O)Nc3cccc4nc(C)n(C5CCC(=O)NC5=O)c(=O)c34)ncnc2s1. The first kappa shape index (κ1) is 24.5. The van der Waals surface area contributed by atoms with E-state index in [0.717, 1.165) is 16.6 Å². The van der Waals surface area contributed by atoms with Crippen molar-refractivity contribution in [3.8, 4) is 0 Å². The number of hydrogen-bond acceptors (Lipinski definition) is 9. The first-order chi connectivity index (χ1) is 17.9. The highest BCUT2D eigenvalue weighted by Gasteiger charge is 2.30. The van der Waals surface area contributed by atoms with Crippen LogP contribution in [0.2, 0.25) is 0 Å². The van der Waals surface area contributed by atoms with Crippen LogP contribution in [0, 0.1) is 6.92 Å². The van der Waals surface area contributed by atoms with Crippen molar-refractivity contribution in [3.05, 3.63) is 51.6 Å². The van der Waals surface area contributed by atoms with Gasteiger partial charge in [0.1, 0.15) is 28.8 Å². The van der Waals surface area contributed by atoms with Crippen LogP contribution in [-0.4, -0.2) is 43.8 Å². The molecule has 37 heavy (non-hydrogen) atoms. The van der Waals surface area contributed by atoms with Crippen LogP contribution in [-0.2, 0) is 20.8 Å². The molecule has 0 aliphatic carbocycles. The van der Waals surface area contributed by atoms with Crippen molar-refractivity contribution in [1.82, 2.24) is 24.8 Å². The summed E-state index contributed by atoms with van der Waals surface area (Å²) in [5, 5.41) is 9.43. The Morgan fingerprint density at radius 2 is 2.08 bits per heavy atom. The molecular formula is C25H25N7O4S. The maximum Gasteiger partial charge on any atom is 0.264 e. The Morgan fingerprint density at radius 3 is 2.86 bits per heavy atom. The first-order valence-electron chi connectivity index (χ1n) is 12.0. The third-order valence-corrected chi connectivity index (χ3v) is 7.46. The first-order valence-corrected chi connectivity index (χ1v) is 12.8. The number of carbonyl (C=O) groups excluding carboxylic acids is 3. The third kappa shape index (κ3) is 4.79. The number of piperidine rings is 1. The maximum atomic E-state index is 13.5. The molecule has 1 atom stereocenters. The fraction of sp³-hybridized carbons (Fsp3) is 0.320. The molecule has 4 heterocycles. The van der Waals surface area contributed by atoms with E-state index in [9.17, 15) is 19.2 Å². The topological polar surface area (TPSA) is 148 Å². The molecule has 3 N–H and O–H groups in total. The van der Waals surface area contributed by atoms with E-state index in [1.54, 1.807) is 36.5 Å². The molecule has 190 valence electrons. The minimum Gasteiger partial charge on any atom is -0.369 e. The van der Waals surface area contributed by atoms with Crippen LogP contribution in [0.15, 0.2) is 35.4 Å². The fourth-order valence-corrected chi connectivity index (χ4v) is 5.42. The lowest BCUT2D eigenvalue weighted by Crippen LogP contribution is -2.45. The molecule has 0 spiro atoms. The Kier molecular flexibility index (Phi) is 6.66. The zero-order chi connectivity index (χ0) is 26.1. The maximum absolute atomic E-state index is 13.5. The molecule has 1 fully saturated rings. The average Bonchev–Trinajstić information content (AvgIpc) is 3.29. The molecule has 12 heteroatoms.